The van der Waals surface area contributed by atoms with Crippen LogP contribution in [-0.4, -0.2) is 62.5 Å². The molecule has 2 N–H and O–H groups in total. The van der Waals surface area contributed by atoms with Crippen LogP contribution < -0.4 is 15.1 Å². The monoisotopic (exact) mass is 409 g/mol. The number of benzene rings is 2. The zero-order valence-electron chi connectivity index (χ0n) is 18.3. The Labute approximate surface area is 179 Å². The van der Waals surface area contributed by atoms with Crippen molar-refractivity contribution in [1.29, 1.82) is 0 Å². The molecule has 160 valence electrons. The quantitative estimate of drug-likeness (QED) is 0.734. The van der Waals surface area contributed by atoms with Gasteiger partial charge in [-0.3, -0.25) is 9.59 Å². The molecule has 0 radical (unpaired) electrons. The smallest absolute Gasteiger partial charge is 0.279 e. The number of para-hydroxylation sites is 1. The summed E-state index contributed by atoms with van der Waals surface area (Å²) in [4.78, 5) is 30.4. The van der Waals surface area contributed by atoms with Crippen molar-refractivity contribution in [2.45, 2.75) is 20.8 Å². The van der Waals surface area contributed by atoms with Gasteiger partial charge in [0.2, 0.25) is 0 Å². The van der Waals surface area contributed by atoms with E-state index in [0.29, 0.717) is 25.2 Å². The lowest BCUT2D eigenvalue weighted by Gasteiger charge is -2.34. The second-order valence-corrected chi connectivity index (χ2v) is 7.80. The fraction of sp³-hybridized carbons (Fsp3) is 0.417. The number of carbonyl (C=O) groups is 2. The molecule has 0 spiro atoms. The SMILES string of the molecule is CCN(CC)C(=O)c1ccc(NC(=O)C[NH+]2CCN(c3ccccc3C)CC2)cc1. The largest absolute Gasteiger partial charge is 0.360 e. The number of hydrogen-bond donors (Lipinski definition) is 2. The van der Waals surface area contributed by atoms with E-state index in [-0.39, 0.29) is 11.8 Å². The summed E-state index contributed by atoms with van der Waals surface area (Å²) >= 11 is 0. The van der Waals surface area contributed by atoms with Gasteiger partial charge in [-0.05, 0) is 56.7 Å². The van der Waals surface area contributed by atoms with Gasteiger partial charge in [0.15, 0.2) is 6.54 Å². The van der Waals surface area contributed by atoms with E-state index in [1.165, 1.54) is 16.2 Å². The molecule has 1 heterocycles. The first kappa shape index (κ1) is 21.8. The minimum absolute atomic E-state index is 0.0113. The molecule has 1 aliphatic heterocycles. The van der Waals surface area contributed by atoms with Crippen LogP contribution in [0, 0.1) is 6.92 Å². The van der Waals surface area contributed by atoms with Crippen LogP contribution in [0.25, 0.3) is 0 Å². The highest BCUT2D eigenvalue weighted by atomic mass is 16.2. The van der Waals surface area contributed by atoms with Crippen molar-refractivity contribution in [3.63, 3.8) is 0 Å². The highest BCUT2D eigenvalue weighted by Gasteiger charge is 2.23. The molecule has 1 saturated heterocycles. The third-order valence-electron chi connectivity index (χ3n) is 5.80. The third-order valence-corrected chi connectivity index (χ3v) is 5.80. The standard InChI is InChI=1S/C24H32N4O2/c1-4-27(5-2)24(30)20-10-12-21(13-11-20)25-23(29)18-26-14-16-28(17-15-26)22-9-7-6-8-19(22)3/h6-13H,4-5,14-18H2,1-3H3,(H,25,29)/p+1. The number of nitrogens with zero attached hydrogens (tertiary/aromatic N) is 2. The van der Waals surface area contributed by atoms with Gasteiger partial charge in [-0.15, -0.1) is 0 Å². The van der Waals surface area contributed by atoms with Crippen LogP contribution >= 0.6 is 0 Å². The molecule has 0 unspecified atom stereocenters. The number of amides is 2. The first-order chi connectivity index (χ1) is 14.5. The second kappa shape index (κ2) is 10.3. The summed E-state index contributed by atoms with van der Waals surface area (Å²) in [6.45, 7) is 11.7. The molecule has 0 saturated carbocycles. The summed E-state index contributed by atoms with van der Waals surface area (Å²) in [6, 6.07) is 15.6. The van der Waals surface area contributed by atoms with E-state index in [1.54, 1.807) is 29.2 Å². The van der Waals surface area contributed by atoms with E-state index in [0.717, 1.165) is 31.9 Å². The Morgan fingerprint density at radius 1 is 1.00 bits per heavy atom. The molecule has 3 rings (SSSR count). The molecular weight excluding hydrogens is 376 g/mol. The Morgan fingerprint density at radius 3 is 2.23 bits per heavy atom. The molecule has 2 aromatic rings. The average molecular weight is 410 g/mol. The minimum atomic E-state index is 0.0113. The van der Waals surface area contributed by atoms with Gasteiger partial charge in [0.05, 0.1) is 26.2 Å². The highest BCUT2D eigenvalue weighted by molar-refractivity contribution is 5.96. The number of anilines is 2. The van der Waals surface area contributed by atoms with Crippen molar-refractivity contribution < 1.29 is 14.5 Å². The minimum Gasteiger partial charge on any atom is -0.360 e. The van der Waals surface area contributed by atoms with Gasteiger partial charge in [-0.25, -0.2) is 0 Å². The molecule has 2 aromatic carbocycles. The first-order valence-corrected chi connectivity index (χ1v) is 10.8. The van der Waals surface area contributed by atoms with E-state index in [9.17, 15) is 9.59 Å². The molecule has 6 heteroatoms. The van der Waals surface area contributed by atoms with Gasteiger partial charge < -0.3 is 20.0 Å². The number of hydrogen-bond acceptors (Lipinski definition) is 3. The zero-order valence-corrected chi connectivity index (χ0v) is 18.3. The van der Waals surface area contributed by atoms with Crippen molar-refractivity contribution in [3.8, 4) is 0 Å². The van der Waals surface area contributed by atoms with Gasteiger partial charge in [0.1, 0.15) is 0 Å². The lowest BCUT2D eigenvalue weighted by Crippen LogP contribution is -3.15. The maximum atomic E-state index is 12.5. The molecule has 0 atom stereocenters. The Kier molecular flexibility index (Phi) is 7.46. The van der Waals surface area contributed by atoms with Gasteiger partial charge in [-0.1, -0.05) is 18.2 Å². The Hall–Kier alpha value is -2.86. The Balaban J connectivity index is 1.48. The van der Waals surface area contributed by atoms with Crippen molar-refractivity contribution in [3.05, 3.63) is 59.7 Å². The van der Waals surface area contributed by atoms with E-state index >= 15 is 0 Å². The third kappa shape index (κ3) is 5.39. The van der Waals surface area contributed by atoms with Gasteiger partial charge in [0, 0.05) is 30.0 Å². The lowest BCUT2D eigenvalue weighted by atomic mass is 10.1. The zero-order chi connectivity index (χ0) is 21.5. The molecule has 0 aliphatic carbocycles. The summed E-state index contributed by atoms with van der Waals surface area (Å²) in [6.07, 6.45) is 0. The summed E-state index contributed by atoms with van der Waals surface area (Å²) < 4.78 is 0. The van der Waals surface area contributed by atoms with Crippen molar-refractivity contribution in [1.82, 2.24) is 4.90 Å². The van der Waals surface area contributed by atoms with E-state index in [1.807, 2.05) is 13.8 Å². The summed E-state index contributed by atoms with van der Waals surface area (Å²) in [7, 11) is 0. The number of nitrogens with one attached hydrogen (secondary N) is 2. The number of carbonyl (C=O) groups excluding carboxylic acids is 2. The molecule has 30 heavy (non-hydrogen) atoms. The molecule has 1 aliphatic rings. The fourth-order valence-corrected chi connectivity index (χ4v) is 3.98. The van der Waals surface area contributed by atoms with E-state index in [2.05, 4.69) is 41.4 Å². The predicted molar refractivity (Wildman–Crippen MR) is 121 cm³/mol. The Bertz CT molecular complexity index is 854. The number of aryl methyl sites for hydroxylation is 1. The fourth-order valence-electron chi connectivity index (χ4n) is 3.98. The van der Waals surface area contributed by atoms with Crippen LogP contribution in [0.2, 0.25) is 0 Å². The molecule has 6 nitrogen and oxygen atoms in total. The molecule has 0 bridgehead atoms. The van der Waals surface area contributed by atoms with Crippen LogP contribution in [0.1, 0.15) is 29.8 Å². The van der Waals surface area contributed by atoms with Crippen molar-refractivity contribution in [2.24, 2.45) is 0 Å². The van der Waals surface area contributed by atoms with Gasteiger partial charge >= 0.3 is 0 Å². The maximum Gasteiger partial charge on any atom is 0.279 e. The summed E-state index contributed by atoms with van der Waals surface area (Å²) in [5.74, 6) is 0.0333. The van der Waals surface area contributed by atoms with Crippen LogP contribution in [0.3, 0.4) is 0 Å². The Morgan fingerprint density at radius 2 is 1.63 bits per heavy atom. The number of rotatable bonds is 7. The van der Waals surface area contributed by atoms with Crippen LogP contribution in [0.4, 0.5) is 11.4 Å². The van der Waals surface area contributed by atoms with Crippen LogP contribution in [0.5, 0.6) is 0 Å². The molecular formula is C24H33N4O2+. The topological polar surface area (TPSA) is 57.1 Å². The van der Waals surface area contributed by atoms with Gasteiger partial charge in [-0.2, -0.15) is 0 Å². The molecule has 1 fully saturated rings. The van der Waals surface area contributed by atoms with Crippen LogP contribution in [-0.2, 0) is 4.79 Å². The first-order valence-electron chi connectivity index (χ1n) is 10.8. The van der Waals surface area contributed by atoms with E-state index in [4.69, 9.17) is 0 Å². The molecule has 0 aromatic heterocycles. The van der Waals surface area contributed by atoms with Crippen molar-refractivity contribution in [2.75, 3.05) is 56.0 Å². The number of quaternary nitrogens is 1. The lowest BCUT2D eigenvalue weighted by molar-refractivity contribution is -0.892. The maximum absolute atomic E-state index is 12.5. The van der Waals surface area contributed by atoms with Gasteiger partial charge in [0.25, 0.3) is 11.8 Å². The van der Waals surface area contributed by atoms with E-state index < -0.39 is 0 Å². The summed E-state index contributed by atoms with van der Waals surface area (Å²) in [5, 5.41) is 2.97. The normalized spacial score (nSPS) is 14.4. The number of piperazine rings is 1. The summed E-state index contributed by atoms with van der Waals surface area (Å²) in [5.41, 5.74) is 3.96. The average Bonchev–Trinajstić information content (AvgIpc) is 2.76. The van der Waals surface area contributed by atoms with Crippen molar-refractivity contribution >= 4 is 23.2 Å². The van der Waals surface area contributed by atoms with Crippen LogP contribution in [0.15, 0.2) is 48.5 Å². The molecule has 2 amide bonds. The predicted octanol–water partition coefficient (Wildman–Crippen LogP) is 1.82. The second-order valence-electron chi connectivity index (χ2n) is 7.80. The highest BCUT2D eigenvalue weighted by Crippen LogP contribution is 2.18.